The monoisotopic (exact) mass is 431 g/mol. The van der Waals surface area contributed by atoms with Gasteiger partial charge < -0.3 is 18.6 Å². The molecule has 1 saturated heterocycles. The molecule has 160 valence electrons. The number of thiazole rings is 1. The van der Waals surface area contributed by atoms with Crippen LogP contribution in [0.3, 0.4) is 0 Å². The molecule has 0 aliphatic carbocycles. The van der Waals surface area contributed by atoms with Crippen LogP contribution in [0.15, 0.2) is 34.9 Å². The molecule has 9 heteroatoms. The third-order valence-corrected chi connectivity index (χ3v) is 6.16. The summed E-state index contributed by atoms with van der Waals surface area (Å²) in [5, 5.41) is 0.594. The van der Waals surface area contributed by atoms with Gasteiger partial charge in [-0.25, -0.2) is 4.98 Å². The number of methoxy groups -OCH3 is 2. The van der Waals surface area contributed by atoms with E-state index in [2.05, 4.69) is 4.90 Å². The van der Waals surface area contributed by atoms with Crippen LogP contribution in [0, 0.1) is 0 Å². The Balaban J connectivity index is 1.62. The first kappa shape index (κ1) is 20.6. The second-order valence-electron chi connectivity index (χ2n) is 6.89. The molecule has 4 rings (SSSR count). The van der Waals surface area contributed by atoms with E-state index >= 15 is 0 Å². The maximum absolute atomic E-state index is 13.2. The van der Waals surface area contributed by atoms with Crippen LogP contribution in [0.2, 0.25) is 0 Å². The van der Waals surface area contributed by atoms with Crippen LogP contribution in [-0.2, 0) is 4.74 Å². The first-order chi connectivity index (χ1) is 14.7. The molecule has 2 aromatic heterocycles. The lowest BCUT2D eigenvalue weighted by Crippen LogP contribution is -2.39. The largest absolute Gasteiger partial charge is 0.495 e. The molecule has 0 unspecified atom stereocenters. The standard InChI is InChI=1S/C21H25N3O5S/c1-26-15-6-7-16(27-2)19-18(15)22-21(30-19)24(20(25)17-5-3-12-29-17)9-4-8-23-10-13-28-14-11-23/h3,5-7,12H,4,8-11,13-14H2,1-2H3. The molecule has 1 aliphatic rings. The van der Waals surface area contributed by atoms with Gasteiger partial charge in [0.15, 0.2) is 10.9 Å². The summed E-state index contributed by atoms with van der Waals surface area (Å²) in [5.41, 5.74) is 0.683. The van der Waals surface area contributed by atoms with Gasteiger partial charge in [0.1, 0.15) is 21.7 Å². The number of carbonyl (C=O) groups excluding carboxylic acids is 1. The van der Waals surface area contributed by atoms with Gasteiger partial charge in [-0.15, -0.1) is 0 Å². The molecular weight excluding hydrogens is 406 g/mol. The van der Waals surface area contributed by atoms with E-state index in [0.717, 1.165) is 44.0 Å². The molecule has 30 heavy (non-hydrogen) atoms. The highest BCUT2D eigenvalue weighted by Crippen LogP contribution is 2.40. The van der Waals surface area contributed by atoms with Crippen molar-refractivity contribution in [1.29, 1.82) is 0 Å². The molecule has 0 N–H and O–H groups in total. The van der Waals surface area contributed by atoms with Crippen LogP contribution < -0.4 is 14.4 Å². The minimum atomic E-state index is -0.209. The molecule has 1 fully saturated rings. The number of fused-ring (bicyclic) bond motifs is 1. The van der Waals surface area contributed by atoms with Crippen molar-refractivity contribution in [2.24, 2.45) is 0 Å². The van der Waals surface area contributed by atoms with Gasteiger partial charge in [-0.1, -0.05) is 11.3 Å². The second-order valence-corrected chi connectivity index (χ2v) is 7.86. The third kappa shape index (κ3) is 4.28. The number of carbonyl (C=O) groups is 1. The van der Waals surface area contributed by atoms with E-state index < -0.39 is 0 Å². The number of benzene rings is 1. The van der Waals surface area contributed by atoms with Gasteiger partial charge in [0.2, 0.25) is 0 Å². The predicted molar refractivity (Wildman–Crippen MR) is 115 cm³/mol. The van der Waals surface area contributed by atoms with Crippen LogP contribution in [0.1, 0.15) is 17.0 Å². The maximum atomic E-state index is 13.2. The predicted octanol–water partition coefficient (Wildman–Crippen LogP) is 3.28. The molecule has 8 nitrogen and oxygen atoms in total. The average molecular weight is 432 g/mol. The van der Waals surface area contributed by atoms with E-state index in [9.17, 15) is 4.79 Å². The number of morpholine rings is 1. The zero-order valence-corrected chi connectivity index (χ0v) is 17.9. The molecule has 3 heterocycles. The van der Waals surface area contributed by atoms with Crippen LogP contribution >= 0.6 is 11.3 Å². The molecule has 1 aliphatic heterocycles. The van der Waals surface area contributed by atoms with E-state index in [1.807, 2.05) is 12.1 Å². The molecule has 0 spiro atoms. The van der Waals surface area contributed by atoms with E-state index in [4.69, 9.17) is 23.6 Å². The summed E-state index contributed by atoms with van der Waals surface area (Å²) in [4.78, 5) is 21.9. The fourth-order valence-corrected chi connectivity index (χ4v) is 4.58. The maximum Gasteiger partial charge on any atom is 0.295 e. The van der Waals surface area contributed by atoms with E-state index in [-0.39, 0.29) is 5.91 Å². The quantitative estimate of drug-likeness (QED) is 0.542. The molecule has 0 bridgehead atoms. The molecule has 1 aromatic carbocycles. The summed E-state index contributed by atoms with van der Waals surface area (Å²) in [6.45, 7) is 4.77. The highest BCUT2D eigenvalue weighted by molar-refractivity contribution is 7.22. The number of anilines is 1. The summed E-state index contributed by atoms with van der Waals surface area (Å²) in [7, 11) is 3.23. The number of rotatable bonds is 8. The Morgan fingerprint density at radius 3 is 2.67 bits per heavy atom. The van der Waals surface area contributed by atoms with Crippen molar-refractivity contribution in [3.8, 4) is 11.5 Å². The number of ether oxygens (including phenoxy) is 3. The SMILES string of the molecule is COc1ccc(OC)c2sc(N(CCCN3CCOCC3)C(=O)c3ccco3)nc12. The Hall–Kier alpha value is -2.62. The van der Waals surface area contributed by atoms with Crippen molar-refractivity contribution in [2.45, 2.75) is 6.42 Å². The minimum Gasteiger partial charge on any atom is -0.495 e. The Morgan fingerprint density at radius 1 is 1.20 bits per heavy atom. The van der Waals surface area contributed by atoms with E-state index in [1.54, 1.807) is 31.3 Å². The van der Waals surface area contributed by atoms with Gasteiger partial charge in [0.25, 0.3) is 5.91 Å². The van der Waals surface area contributed by atoms with Crippen molar-refractivity contribution >= 4 is 32.6 Å². The van der Waals surface area contributed by atoms with Crippen LogP contribution in [0.5, 0.6) is 11.5 Å². The molecule has 0 atom stereocenters. The van der Waals surface area contributed by atoms with Gasteiger partial charge in [-0.05, 0) is 30.7 Å². The normalized spacial score (nSPS) is 14.7. The minimum absolute atomic E-state index is 0.209. The van der Waals surface area contributed by atoms with Crippen molar-refractivity contribution in [3.63, 3.8) is 0 Å². The Labute approximate surface area is 178 Å². The lowest BCUT2D eigenvalue weighted by atomic mass is 10.3. The topological polar surface area (TPSA) is 77.3 Å². The third-order valence-electron chi connectivity index (χ3n) is 5.07. The summed E-state index contributed by atoms with van der Waals surface area (Å²) in [6.07, 6.45) is 2.32. The number of aromatic nitrogens is 1. The number of hydrogen-bond acceptors (Lipinski definition) is 8. The van der Waals surface area contributed by atoms with E-state index in [1.165, 1.54) is 17.6 Å². The lowest BCUT2D eigenvalue weighted by molar-refractivity contribution is 0.0376. The molecule has 1 amide bonds. The fourth-order valence-electron chi connectivity index (χ4n) is 3.48. The Bertz CT molecular complexity index is 941. The van der Waals surface area contributed by atoms with Gasteiger partial charge in [0, 0.05) is 26.2 Å². The van der Waals surface area contributed by atoms with Crippen LogP contribution in [0.25, 0.3) is 10.2 Å². The van der Waals surface area contributed by atoms with Crippen molar-refractivity contribution in [2.75, 3.05) is 58.5 Å². The number of amides is 1. The van der Waals surface area contributed by atoms with E-state index in [0.29, 0.717) is 34.5 Å². The first-order valence-electron chi connectivity index (χ1n) is 9.88. The first-order valence-corrected chi connectivity index (χ1v) is 10.7. The zero-order valence-electron chi connectivity index (χ0n) is 17.1. The smallest absolute Gasteiger partial charge is 0.295 e. The van der Waals surface area contributed by atoms with Crippen molar-refractivity contribution < 1.29 is 23.4 Å². The van der Waals surface area contributed by atoms with Gasteiger partial charge in [-0.3, -0.25) is 14.6 Å². The van der Waals surface area contributed by atoms with Crippen LogP contribution in [0.4, 0.5) is 5.13 Å². The summed E-state index contributed by atoms with van der Waals surface area (Å²) < 4.78 is 22.6. The second kappa shape index (κ2) is 9.46. The number of hydrogen-bond donors (Lipinski definition) is 0. The Kier molecular flexibility index (Phi) is 6.51. The molecular formula is C21H25N3O5S. The lowest BCUT2D eigenvalue weighted by Gasteiger charge is -2.27. The number of nitrogens with zero attached hydrogens (tertiary/aromatic N) is 3. The average Bonchev–Trinajstić information content (AvgIpc) is 3.47. The van der Waals surface area contributed by atoms with Gasteiger partial charge in [0.05, 0.1) is 33.7 Å². The van der Waals surface area contributed by atoms with Crippen molar-refractivity contribution in [1.82, 2.24) is 9.88 Å². The van der Waals surface area contributed by atoms with Crippen LogP contribution in [-0.4, -0.2) is 69.4 Å². The van der Waals surface area contributed by atoms with Gasteiger partial charge >= 0.3 is 0 Å². The highest BCUT2D eigenvalue weighted by Gasteiger charge is 2.25. The van der Waals surface area contributed by atoms with Crippen molar-refractivity contribution in [3.05, 3.63) is 36.3 Å². The molecule has 0 radical (unpaired) electrons. The summed E-state index contributed by atoms with van der Waals surface area (Å²) in [5.74, 6) is 1.43. The molecule has 3 aromatic rings. The molecule has 0 saturated carbocycles. The summed E-state index contributed by atoms with van der Waals surface area (Å²) >= 11 is 1.41. The zero-order chi connectivity index (χ0) is 20.9. The fraction of sp³-hybridized carbons (Fsp3) is 0.429. The van der Waals surface area contributed by atoms with Gasteiger partial charge in [-0.2, -0.15) is 0 Å². The number of furan rings is 1. The summed E-state index contributed by atoms with van der Waals surface area (Å²) in [6, 6.07) is 7.05. The Morgan fingerprint density at radius 2 is 1.97 bits per heavy atom. The highest BCUT2D eigenvalue weighted by atomic mass is 32.1.